The van der Waals surface area contributed by atoms with E-state index in [0.29, 0.717) is 23.8 Å². The zero-order valence-corrected chi connectivity index (χ0v) is 12.2. The van der Waals surface area contributed by atoms with Gasteiger partial charge in [0.1, 0.15) is 0 Å². The Balaban J connectivity index is 1.95. The van der Waals surface area contributed by atoms with E-state index in [9.17, 15) is 14.7 Å². The number of benzene rings is 1. The summed E-state index contributed by atoms with van der Waals surface area (Å²) < 4.78 is 0. The van der Waals surface area contributed by atoms with Gasteiger partial charge in [0, 0.05) is 25.3 Å². The maximum absolute atomic E-state index is 11.8. The van der Waals surface area contributed by atoms with Crippen molar-refractivity contribution in [1.29, 1.82) is 0 Å². The van der Waals surface area contributed by atoms with Gasteiger partial charge in [-0.2, -0.15) is 0 Å². The van der Waals surface area contributed by atoms with Gasteiger partial charge in [-0.15, -0.1) is 0 Å². The first kappa shape index (κ1) is 14.1. The molecule has 0 aromatic heterocycles. The molecule has 5 heteroatoms. The Morgan fingerprint density at radius 3 is 2.67 bits per heavy atom. The summed E-state index contributed by atoms with van der Waals surface area (Å²) >= 11 is 0. The van der Waals surface area contributed by atoms with Crippen LogP contribution in [-0.2, 0) is 4.79 Å². The van der Waals surface area contributed by atoms with Crippen molar-refractivity contribution in [1.82, 2.24) is 0 Å². The summed E-state index contributed by atoms with van der Waals surface area (Å²) in [5, 5.41) is 9.33. The minimum Gasteiger partial charge on any atom is -0.395 e. The van der Waals surface area contributed by atoms with Gasteiger partial charge in [-0.1, -0.05) is 12.8 Å². The van der Waals surface area contributed by atoms with E-state index in [1.165, 1.54) is 17.7 Å². The van der Waals surface area contributed by atoms with Crippen LogP contribution in [0.2, 0.25) is 0 Å². The minimum atomic E-state index is -0.475. The molecule has 1 aromatic rings. The van der Waals surface area contributed by atoms with Gasteiger partial charge in [0.15, 0.2) is 0 Å². The highest BCUT2D eigenvalue weighted by Gasteiger charge is 2.34. The fourth-order valence-corrected chi connectivity index (χ4v) is 3.39. The summed E-state index contributed by atoms with van der Waals surface area (Å²) in [6.45, 7) is 0.677. The molecule has 0 unspecified atom stereocenters. The number of nitrogens with zero attached hydrogens (tertiary/aromatic N) is 2. The number of Topliss-reactive ketones (excluding diaryl/α,β-unsaturated/α-hetero) is 1. The Morgan fingerprint density at radius 2 is 2.00 bits per heavy atom. The number of ketones is 1. The van der Waals surface area contributed by atoms with E-state index in [0.717, 1.165) is 18.5 Å². The van der Waals surface area contributed by atoms with Gasteiger partial charge in [-0.3, -0.25) is 9.59 Å². The standard InChI is InChI=1S/C16H20N2O3/c1-17-14-10-12(6-7-13(14)15(20)16(17)21)18(8-9-19)11-4-2-3-5-11/h6-7,10-11,19H,2-5,8-9H2,1H3. The van der Waals surface area contributed by atoms with Gasteiger partial charge >= 0.3 is 0 Å². The van der Waals surface area contributed by atoms with Crippen LogP contribution in [0.5, 0.6) is 0 Å². The molecule has 1 aliphatic carbocycles. The number of likely N-dealkylation sites (N-methyl/N-ethyl adjacent to an activating group) is 1. The zero-order chi connectivity index (χ0) is 15.0. The first-order valence-corrected chi connectivity index (χ1v) is 7.47. The van der Waals surface area contributed by atoms with Crippen molar-refractivity contribution in [3.05, 3.63) is 23.8 Å². The molecule has 0 saturated heterocycles. The largest absolute Gasteiger partial charge is 0.395 e. The van der Waals surface area contributed by atoms with Crippen molar-refractivity contribution < 1.29 is 14.7 Å². The molecule has 2 aliphatic rings. The smallest absolute Gasteiger partial charge is 0.299 e. The highest BCUT2D eigenvalue weighted by molar-refractivity contribution is 6.52. The van der Waals surface area contributed by atoms with Gasteiger partial charge in [-0.25, -0.2) is 0 Å². The topological polar surface area (TPSA) is 60.9 Å². The second-order valence-corrected chi connectivity index (χ2v) is 5.75. The molecule has 0 radical (unpaired) electrons. The van der Waals surface area contributed by atoms with Crippen LogP contribution >= 0.6 is 0 Å². The molecular weight excluding hydrogens is 268 g/mol. The fraction of sp³-hybridized carbons (Fsp3) is 0.500. The van der Waals surface area contributed by atoms with Gasteiger partial charge in [0.25, 0.3) is 11.7 Å². The summed E-state index contributed by atoms with van der Waals surface area (Å²) in [4.78, 5) is 27.2. The Hall–Kier alpha value is -1.88. The van der Waals surface area contributed by atoms with Crippen LogP contribution in [0, 0.1) is 0 Å². The van der Waals surface area contributed by atoms with Crippen molar-refractivity contribution in [2.45, 2.75) is 31.7 Å². The van der Waals surface area contributed by atoms with Crippen LogP contribution in [0.25, 0.3) is 0 Å². The predicted octanol–water partition coefficient (Wildman–Crippen LogP) is 1.59. The molecule has 1 amide bonds. The molecule has 1 heterocycles. The Morgan fingerprint density at radius 1 is 1.29 bits per heavy atom. The molecule has 0 spiro atoms. The fourth-order valence-electron chi connectivity index (χ4n) is 3.39. The quantitative estimate of drug-likeness (QED) is 0.855. The van der Waals surface area contributed by atoms with Crippen LogP contribution in [0.3, 0.4) is 0 Å². The average molecular weight is 288 g/mol. The molecule has 0 bridgehead atoms. The lowest BCUT2D eigenvalue weighted by molar-refractivity contribution is -0.114. The Labute approximate surface area is 124 Å². The molecule has 0 atom stereocenters. The summed E-state index contributed by atoms with van der Waals surface area (Å²) in [6.07, 6.45) is 4.69. The number of hydrogen-bond acceptors (Lipinski definition) is 4. The zero-order valence-electron chi connectivity index (χ0n) is 12.2. The third-order valence-corrected chi connectivity index (χ3v) is 4.52. The Kier molecular flexibility index (Phi) is 3.68. The van der Waals surface area contributed by atoms with Gasteiger partial charge in [0.05, 0.1) is 17.9 Å². The first-order valence-electron chi connectivity index (χ1n) is 7.47. The van der Waals surface area contributed by atoms with E-state index in [2.05, 4.69) is 4.90 Å². The summed E-state index contributed by atoms with van der Waals surface area (Å²) in [5.74, 6) is -0.912. The second kappa shape index (κ2) is 5.48. The Bertz CT molecular complexity index is 579. The molecule has 1 aromatic carbocycles. The predicted molar refractivity (Wildman–Crippen MR) is 80.9 cm³/mol. The van der Waals surface area contributed by atoms with Crippen molar-refractivity contribution in [3.8, 4) is 0 Å². The number of carbonyl (C=O) groups is 2. The van der Waals surface area contributed by atoms with Crippen LogP contribution in [0.1, 0.15) is 36.0 Å². The lowest BCUT2D eigenvalue weighted by atomic mass is 10.1. The molecule has 1 saturated carbocycles. The third kappa shape index (κ3) is 2.31. The maximum Gasteiger partial charge on any atom is 0.299 e. The molecule has 112 valence electrons. The maximum atomic E-state index is 11.8. The van der Waals surface area contributed by atoms with Gasteiger partial charge in [0.2, 0.25) is 0 Å². The highest BCUT2D eigenvalue weighted by Crippen LogP contribution is 2.34. The first-order chi connectivity index (χ1) is 10.1. The SMILES string of the molecule is CN1C(=O)C(=O)c2ccc(N(CCO)C3CCCC3)cc21. The third-order valence-electron chi connectivity index (χ3n) is 4.52. The number of anilines is 2. The summed E-state index contributed by atoms with van der Waals surface area (Å²) in [7, 11) is 1.63. The van der Waals surface area contributed by atoms with Crippen molar-refractivity contribution in [2.75, 3.05) is 30.0 Å². The molecule has 1 aliphatic heterocycles. The van der Waals surface area contributed by atoms with E-state index >= 15 is 0 Å². The van der Waals surface area contributed by atoms with Crippen LogP contribution in [0.15, 0.2) is 18.2 Å². The van der Waals surface area contributed by atoms with Crippen molar-refractivity contribution in [3.63, 3.8) is 0 Å². The summed E-state index contributed by atoms with van der Waals surface area (Å²) in [6, 6.07) is 5.95. The van der Waals surface area contributed by atoms with E-state index in [1.807, 2.05) is 12.1 Å². The average Bonchev–Trinajstić information content (AvgIpc) is 3.09. The van der Waals surface area contributed by atoms with E-state index in [-0.39, 0.29) is 6.61 Å². The van der Waals surface area contributed by atoms with Crippen LogP contribution in [0.4, 0.5) is 11.4 Å². The molecular formula is C16H20N2O3. The van der Waals surface area contributed by atoms with Gasteiger partial charge in [-0.05, 0) is 31.0 Å². The number of aliphatic hydroxyl groups is 1. The van der Waals surface area contributed by atoms with Crippen LogP contribution in [-0.4, -0.2) is 43.0 Å². The number of hydrogen-bond donors (Lipinski definition) is 1. The van der Waals surface area contributed by atoms with Gasteiger partial charge < -0.3 is 14.9 Å². The lowest BCUT2D eigenvalue weighted by Gasteiger charge is -2.31. The molecule has 3 rings (SSSR count). The second-order valence-electron chi connectivity index (χ2n) is 5.75. The van der Waals surface area contributed by atoms with Crippen molar-refractivity contribution >= 4 is 23.1 Å². The highest BCUT2D eigenvalue weighted by atomic mass is 16.3. The normalized spacial score (nSPS) is 18.5. The van der Waals surface area contributed by atoms with Crippen LogP contribution < -0.4 is 9.80 Å². The van der Waals surface area contributed by atoms with Crippen molar-refractivity contribution in [2.24, 2.45) is 0 Å². The number of aliphatic hydroxyl groups excluding tert-OH is 1. The minimum absolute atomic E-state index is 0.0985. The molecule has 1 N–H and O–H groups in total. The number of carbonyl (C=O) groups excluding carboxylic acids is 2. The number of fused-ring (bicyclic) bond motifs is 1. The molecule has 5 nitrogen and oxygen atoms in total. The van der Waals surface area contributed by atoms with E-state index in [1.54, 1.807) is 13.1 Å². The van der Waals surface area contributed by atoms with E-state index < -0.39 is 11.7 Å². The molecule has 21 heavy (non-hydrogen) atoms. The number of rotatable bonds is 4. The lowest BCUT2D eigenvalue weighted by Crippen LogP contribution is -2.35. The monoisotopic (exact) mass is 288 g/mol. The summed E-state index contributed by atoms with van der Waals surface area (Å²) in [5.41, 5.74) is 2.12. The number of amides is 1. The molecule has 1 fully saturated rings. The van der Waals surface area contributed by atoms with E-state index in [4.69, 9.17) is 0 Å².